The number of carboxylic acid groups (broad SMARTS) is 1. The number of hydrogen-bond acceptors (Lipinski definition) is 3. The quantitative estimate of drug-likeness (QED) is 0.596. The predicted molar refractivity (Wildman–Crippen MR) is 84.3 cm³/mol. The van der Waals surface area contributed by atoms with Crippen LogP contribution >= 0.6 is 31.9 Å². The van der Waals surface area contributed by atoms with Crippen molar-refractivity contribution >= 4 is 54.6 Å². The first-order chi connectivity index (χ1) is 9.93. The highest BCUT2D eigenvalue weighted by Crippen LogP contribution is 2.30. The molecule has 0 aliphatic heterocycles. The van der Waals surface area contributed by atoms with E-state index in [9.17, 15) is 9.59 Å². The number of aliphatic hydroxyl groups is 1. The smallest absolute Gasteiger partial charge is 0.326 e. The van der Waals surface area contributed by atoms with Crippen LogP contribution in [0.25, 0.3) is 10.9 Å². The van der Waals surface area contributed by atoms with Gasteiger partial charge in [0.25, 0.3) is 5.91 Å². The van der Waals surface area contributed by atoms with E-state index in [1.54, 1.807) is 6.07 Å². The molecule has 0 spiro atoms. The highest BCUT2D eigenvalue weighted by Gasteiger charge is 2.22. The van der Waals surface area contributed by atoms with E-state index in [0.29, 0.717) is 10.9 Å². The van der Waals surface area contributed by atoms with Crippen LogP contribution in [-0.2, 0) is 4.79 Å². The standard InChI is InChI=1S/C13H12Br2N2O4/c14-8-3-6-7(5-16-11(6)4-9(8)15)12(19)17-10(1-2-18)13(20)21/h3-5,10,16,18H,1-2H2,(H,17,19)(H,20,21)/t10-/m0/s1. The molecule has 2 aromatic rings. The topological polar surface area (TPSA) is 102 Å². The number of carbonyl (C=O) groups excluding carboxylic acids is 1. The molecule has 0 unspecified atom stereocenters. The number of halogens is 2. The zero-order valence-electron chi connectivity index (χ0n) is 10.7. The minimum atomic E-state index is -1.18. The monoisotopic (exact) mass is 418 g/mol. The van der Waals surface area contributed by atoms with Crippen LogP contribution in [0.15, 0.2) is 27.3 Å². The first-order valence-corrected chi connectivity index (χ1v) is 7.63. The molecule has 0 radical (unpaired) electrons. The third kappa shape index (κ3) is 3.45. The van der Waals surface area contributed by atoms with E-state index in [-0.39, 0.29) is 13.0 Å². The molecule has 0 saturated carbocycles. The second-order valence-electron chi connectivity index (χ2n) is 4.39. The largest absolute Gasteiger partial charge is 0.480 e. The average Bonchev–Trinajstić information content (AvgIpc) is 2.81. The number of H-pyrrole nitrogens is 1. The van der Waals surface area contributed by atoms with Crippen LogP contribution in [0.1, 0.15) is 16.8 Å². The van der Waals surface area contributed by atoms with E-state index in [0.717, 1.165) is 14.5 Å². The summed E-state index contributed by atoms with van der Waals surface area (Å²) < 4.78 is 1.63. The number of nitrogens with one attached hydrogen (secondary N) is 2. The Kier molecular flexibility index (Phi) is 5.02. The van der Waals surface area contributed by atoms with Crippen LogP contribution in [0.2, 0.25) is 0 Å². The van der Waals surface area contributed by atoms with Gasteiger partial charge in [0.1, 0.15) is 6.04 Å². The van der Waals surface area contributed by atoms with Gasteiger partial charge in [0.2, 0.25) is 0 Å². The summed E-state index contributed by atoms with van der Waals surface area (Å²) in [5, 5.41) is 20.9. The predicted octanol–water partition coefficient (Wildman–Crippen LogP) is 2.26. The number of aliphatic carboxylic acids is 1. The first-order valence-electron chi connectivity index (χ1n) is 6.04. The molecule has 1 amide bonds. The molecule has 1 aromatic carbocycles. The molecule has 1 aromatic heterocycles. The van der Waals surface area contributed by atoms with Gasteiger partial charge in [-0.15, -0.1) is 0 Å². The number of rotatable bonds is 5. The highest BCUT2D eigenvalue weighted by molar-refractivity contribution is 9.13. The Labute approximate surface area is 136 Å². The van der Waals surface area contributed by atoms with Crippen molar-refractivity contribution in [2.24, 2.45) is 0 Å². The number of benzene rings is 1. The van der Waals surface area contributed by atoms with Gasteiger partial charge in [-0.1, -0.05) is 0 Å². The molecule has 0 fully saturated rings. The number of aromatic amines is 1. The van der Waals surface area contributed by atoms with Crippen molar-refractivity contribution in [3.05, 3.63) is 32.8 Å². The second kappa shape index (κ2) is 6.59. The summed E-state index contributed by atoms with van der Waals surface area (Å²) in [6, 6.07) is 2.47. The highest BCUT2D eigenvalue weighted by atomic mass is 79.9. The molecular formula is C13H12Br2N2O4. The number of carboxylic acids is 1. The summed E-state index contributed by atoms with van der Waals surface area (Å²) in [6.07, 6.45) is 1.48. The fourth-order valence-corrected chi connectivity index (χ4v) is 2.61. The van der Waals surface area contributed by atoms with Crippen LogP contribution < -0.4 is 5.32 Å². The summed E-state index contributed by atoms with van der Waals surface area (Å²) >= 11 is 6.73. The lowest BCUT2D eigenvalue weighted by atomic mass is 10.1. The summed E-state index contributed by atoms with van der Waals surface area (Å²) in [4.78, 5) is 26.2. The van der Waals surface area contributed by atoms with Crippen LogP contribution in [0, 0.1) is 0 Å². The third-order valence-corrected chi connectivity index (χ3v) is 4.83. The number of amides is 1. The van der Waals surface area contributed by atoms with Crippen molar-refractivity contribution in [1.29, 1.82) is 0 Å². The van der Waals surface area contributed by atoms with Crippen LogP contribution in [0.3, 0.4) is 0 Å². The first kappa shape index (κ1) is 16.0. The van der Waals surface area contributed by atoms with Gasteiger partial charge < -0.3 is 20.5 Å². The lowest BCUT2D eigenvalue weighted by Gasteiger charge is -2.12. The molecule has 4 N–H and O–H groups in total. The lowest BCUT2D eigenvalue weighted by Crippen LogP contribution is -2.41. The third-order valence-electron chi connectivity index (χ3n) is 2.99. The minimum Gasteiger partial charge on any atom is -0.480 e. The summed E-state index contributed by atoms with van der Waals surface area (Å²) in [5.41, 5.74) is 1.10. The molecule has 2 rings (SSSR count). The van der Waals surface area contributed by atoms with Gasteiger partial charge in [-0.3, -0.25) is 4.79 Å². The number of aromatic nitrogens is 1. The SMILES string of the molecule is O=C(N[C@@H](CCO)C(=O)O)c1c[nH]c2cc(Br)c(Br)cc12. The number of aliphatic hydroxyl groups excluding tert-OH is 1. The number of hydrogen-bond donors (Lipinski definition) is 4. The fourth-order valence-electron chi connectivity index (χ4n) is 1.93. The van der Waals surface area contributed by atoms with Crippen molar-refractivity contribution in [3.63, 3.8) is 0 Å². The van der Waals surface area contributed by atoms with E-state index in [2.05, 4.69) is 42.2 Å². The van der Waals surface area contributed by atoms with Crippen molar-refractivity contribution in [3.8, 4) is 0 Å². The maximum absolute atomic E-state index is 12.2. The van der Waals surface area contributed by atoms with E-state index < -0.39 is 17.9 Å². The summed E-state index contributed by atoms with van der Waals surface area (Å²) in [6.45, 7) is -0.316. The molecule has 0 bridgehead atoms. The van der Waals surface area contributed by atoms with Crippen LogP contribution in [0.5, 0.6) is 0 Å². The van der Waals surface area contributed by atoms with Gasteiger partial charge in [0, 0.05) is 39.1 Å². The van der Waals surface area contributed by atoms with Gasteiger partial charge in [0.15, 0.2) is 0 Å². The molecular weight excluding hydrogens is 408 g/mol. The Morgan fingerprint density at radius 2 is 1.95 bits per heavy atom. The lowest BCUT2D eigenvalue weighted by molar-refractivity contribution is -0.139. The molecule has 8 heteroatoms. The van der Waals surface area contributed by atoms with Crippen LogP contribution in [0.4, 0.5) is 0 Å². The summed E-state index contributed by atoms with van der Waals surface area (Å²) in [5.74, 6) is -1.68. The number of fused-ring (bicyclic) bond motifs is 1. The van der Waals surface area contributed by atoms with Gasteiger partial charge in [-0.25, -0.2) is 4.79 Å². The van der Waals surface area contributed by atoms with E-state index in [1.165, 1.54) is 6.20 Å². The van der Waals surface area contributed by atoms with Crippen molar-refractivity contribution in [2.75, 3.05) is 6.61 Å². The van der Waals surface area contributed by atoms with Crippen molar-refractivity contribution < 1.29 is 19.8 Å². The van der Waals surface area contributed by atoms with E-state index >= 15 is 0 Å². The minimum absolute atomic E-state index is 0.0430. The Morgan fingerprint density at radius 3 is 2.57 bits per heavy atom. The molecule has 1 atom stereocenters. The second-order valence-corrected chi connectivity index (χ2v) is 6.10. The molecule has 21 heavy (non-hydrogen) atoms. The van der Waals surface area contributed by atoms with Gasteiger partial charge in [-0.2, -0.15) is 0 Å². The molecule has 6 nitrogen and oxygen atoms in total. The average molecular weight is 420 g/mol. The molecule has 112 valence electrons. The zero-order valence-corrected chi connectivity index (χ0v) is 13.9. The number of carbonyl (C=O) groups is 2. The van der Waals surface area contributed by atoms with Gasteiger partial charge in [-0.05, 0) is 44.0 Å². The Hall–Kier alpha value is -1.38. The Balaban J connectivity index is 2.31. The maximum atomic E-state index is 12.2. The summed E-state index contributed by atoms with van der Waals surface area (Å²) in [7, 11) is 0. The normalized spacial score (nSPS) is 12.3. The van der Waals surface area contributed by atoms with Crippen molar-refractivity contribution in [1.82, 2.24) is 10.3 Å². The Morgan fingerprint density at radius 1 is 1.29 bits per heavy atom. The van der Waals surface area contributed by atoms with E-state index in [4.69, 9.17) is 10.2 Å². The Bertz CT molecular complexity index is 699. The maximum Gasteiger partial charge on any atom is 0.326 e. The van der Waals surface area contributed by atoms with Gasteiger partial charge >= 0.3 is 5.97 Å². The van der Waals surface area contributed by atoms with Gasteiger partial charge in [0.05, 0.1) is 5.56 Å². The molecule has 0 aliphatic carbocycles. The van der Waals surface area contributed by atoms with E-state index in [1.807, 2.05) is 6.07 Å². The zero-order chi connectivity index (χ0) is 15.6. The fraction of sp³-hybridized carbons (Fsp3) is 0.231. The van der Waals surface area contributed by atoms with Crippen LogP contribution in [-0.4, -0.2) is 39.7 Å². The molecule has 1 heterocycles. The van der Waals surface area contributed by atoms with Crippen molar-refractivity contribution in [2.45, 2.75) is 12.5 Å². The molecule has 0 saturated heterocycles. The molecule has 0 aliphatic rings.